The Kier molecular flexibility index (Phi) is 2.19. The molecule has 0 unspecified atom stereocenters. The lowest BCUT2D eigenvalue weighted by Crippen LogP contribution is -2.09. The van der Waals surface area contributed by atoms with Gasteiger partial charge < -0.3 is 5.32 Å². The first kappa shape index (κ1) is 9.12. The maximum Gasteiger partial charge on any atom is 0.224 e. The summed E-state index contributed by atoms with van der Waals surface area (Å²) in [4.78, 5) is 11.1. The molecule has 1 aromatic carbocycles. The van der Waals surface area contributed by atoms with Gasteiger partial charge in [-0.1, -0.05) is 0 Å². The molecule has 0 bridgehead atoms. The summed E-state index contributed by atoms with van der Waals surface area (Å²) in [5.41, 5.74) is 1.06. The predicted molar refractivity (Wildman–Crippen MR) is 47.9 cm³/mol. The van der Waals surface area contributed by atoms with Crippen molar-refractivity contribution in [2.24, 2.45) is 0 Å². The van der Waals surface area contributed by atoms with E-state index < -0.39 is 11.6 Å². The number of carbonyl (C=O) groups excluding carboxylic acids is 1. The van der Waals surface area contributed by atoms with Crippen molar-refractivity contribution >= 4 is 11.6 Å². The Balaban J connectivity index is 2.46. The van der Waals surface area contributed by atoms with Gasteiger partial charge in [0.25, 0.3) is 0 Å². The van der Waals surface area contributed by atoms with E-state index in [0.29, 0.717) is 30.5 Å². The van der Waals surface area contributed by atoms with Crippen LogP contribution >= 0.6 is 0 Å². The lowest BCUT2D eigenvalue weighted by atomic mass is 10.1. The Morgan fingerprint density at radius 3 is 2.64 bits per heavy atom. The fourth-order valence-electron chi connectivity index (χ4n) is 1.56. The number of benzene rings is 1. The largest absolute Gasteiger partial charge is 0.326 e. The van der Waals surface area contributed by atoms with Gasteiger partial charge in [-0.2, -0.15) is 0 Å². The Morgan fingerprint density at radius 2 is 1.86 bits per heavy atom. The minimum atomic E-state index is -0.925. The quantitative estimate of drug-likeness (QED) is 0.679. The highest BCUT2D eigenvalue weighted by Crippen LogP contribution is 2.24. The Morgan fingerprint density at radius 1 is 1.14 bits per heavy atom. The highest BCUT2D eigenvalue weighted by molar-refractivity contribution is 5.92. The number of nitrogens with one attached hydrogen (secondary N) is 1. The van der Waals surface area contributed by atoms with Crippen LogP contribution in [0.15, 0.2) is 12.1 Å². The minimum Gasteiger partial charge on any atom is -0.326 e. The number of fused-ring (bicyclic) bond motifs is 1. The van der Waals surface area contributed by atoms with Crippen LogP contribution in [0.4, 0.5) is 14.5 Å². The molecule has 0 saturated carbocycles. The lowest BCUT2D eigenvalue weighted by Gasteiger charge is -2.06. The Bertz CT molecular complexity index is 390. The zero-order chi connectivity index (χ0) is 10.1. The van der Waals surface area contributed by atoms with Crippen molar-refractivity contribution in [2.45, 2.75) is 19.3 Å². The number of anilines is 1. The highest BCUT2D eigenvalue weighted by atomic mass is 19.2. The molecule has 74 valence electrons. The molecule has 2 rings (SSSR count). The van der Waals surface area contributed by atoms with Crippen molar-refractivity contribution in [3.05, 3.63) is 29.3 Å². The first-order valence-corrected chi connectivity index (χ1v) is 4.44. The van der Waals surface area contributed by atoms with Gasteiger partial charge in [0.2, 0.25) is 5.91 Å². The van der Waals surface area contributed by atoms with E-state index >= 15 is 0 Å². The number of halogens is 2. The minimum absolute atomic E-state index is 0.144. The van der Waals surface area contributed by atoms with Crippen LogP contribution < -0.4 is 5.32 Å². The highest BCUT2D eigenvalue weighted by Gasteiger charge is 2.15. The van der Waals surface area contributed by atoms with E-state index in [9.17, 15) is 13.6 Å². The van der Waals surface area contributed by atoms with Crippen LogP contribution in [0.25, 0.3) is 0 Å². The molecule has 1 N–H and O–H groups in total. The summed E-state index contributed by atoms with van der Waals surface area (Å²) < 4.78 is 25.7. The zero-order valence-electron chi connectivity index (χ0n) is 7.44. The second-order valence-corrected chi connectivity index (χ2v) is 3.33. The van der Waals surface area contributed by atoms with E-state index in [0.717, 1.165) is 12.1 Å². The van der Waals surface area contributed by atoms with Crippen molar-refractivity contribution in [1.82, 2.24) is 0 Å². The topological polar surface area (TPSA) is 29.1 Å². The predicted octanol–water partition coefficient (Wildman–Crippen LogP) is 2.24. The first-order chi connectivity index (χ1) is 6.66. The number of rotatable bonds is 0. The summed E-state index contributed by atoms with van der Waals surface area (Å²) >= 11 is 0. The van der Waals surface area contributed by atoms with E-state index in [1.807, 2.05) is 0 Å². The molecule has 1 aliphatic heterocycles. The number of carbonyl (C=O) groups is 1. The number of hydrogen-bond acceptors (Lipinski definition) is 1. The van der Waals surface area contributed by atoms with Gasteiger partial charge in [-0.15, -0.1) is 0 Å². The van der Waals surface area contributed by atoms with Crippen molar-refractivity contribution in [3.63, 3.8) is 0 Å². The van der Waals surface area contributed by atoms with Crippen LogP contribution in [-0.2, 0) is 11.2 Å². The number of hydrogen-bond donors (Lipinski definition) is 1. The summed E-state index contributed by atoms with van der Waals surface area (Å²) in [6.45, 7) is 0. The molecular formula is C10H9F2NO. The average Bonchev–Trinajstić information content (AvgIpc) is 2.28. The lowest BCUT2D eigenvalue weighted by molar-refractivity contribution is -0.116. The van der Waals surface area contributed by atoms with E-state index in [-0.39, 0.29) is 5.91 Å². The molecule has 14 heavy (non-hydrogen) atoms. The van der Waals surface area contributed by atoms with Crippen LogP contribution in [0.1, 0.15) is 18.4 Å². The maximum absolute atomic E-state index is 12.8. The van der Waals surface area contributed by atoms with E-state index in [1.165, 1.54) is 0 Å². The van der Waals surface area contributed by atoms with Crippen LogP contribution in [0.3, 0.4) is 0 Å². The number of aryl methyl sites for hydroxylation is 1. The molecule has 4 heteroatoms. The third kappa shape index (κ3) is 1.60. The molecule has 0 aliphatic carbocycles. The van der Waals surface area contributed by atoms with E-state index in [2.05, 4.69) is 5.32 Å². The van der Waals surface area contributed by atoms with E-state index in [4.69, 9.17) is 0 Å². The second-order valence-electron chi connectivity index (χ2n) is 3.33. The van der Waals surface area contributed by atoms with Gasteiger partial charge in [0.05, 0.1) is 0 Å². The summed E-state index contributed by atoms with van der Waals surface area (Å²) in [6, 6.07) is 2.18. The first-order valence-electron chi connectivity index (χ1n) is 4.44. The van der Waals surface area contributed by atoms with Crippen molar-refractivity contribution in [3.8, 4) is 0 Å². The standard InChI is InChI=1S/C10H9F2NO/c11-7-4-6-2-1-3-10(14)13-9(6)5-8(7)12/h4-5H,1-3H2,(H,13,14). The van der Waals surface area contributed by atoms with Gasteiger partial charge in [-0.3, -0.25) is 4.79 Å². The summed E-state index contributed by atoms with van der Waals surface area (Å²) in [5, 5.41) is 2.54. The molecule has 0 spiro atoms. The van der Waals surface area contributed by atoms with Gasteiger partial charge in [0, 0.05) is 18.2 Å². The second kappa shape index (κ2) is 3.36. The number of amides is 1. The third-order valence-electron chi connectivity index (χ3n) is 2.27. The molecular weight excluding hydrogens is 188 g/mol. The zero-order valence-corrected chi connectivity index (χ0v) is 7.44. The summed E-state index contributed by atoms with van der Waals surface area (Å²) in [6.07, 6.45) is 1.67. The Hall–Kier alpha value is -1.45. The SMILES string of the molecule is O=C1CCCc2cc(F)c(F)cc2N1. The Labute approximate surface area is 79.9 Å². The molecule has 1 aliphatic rings. The third-order valence-corrected chi connectivity index (χ3v) is 2.27. The van der Waals surface area contributed by atoms with Crippen LogP contribution in [-0.4, -0.2) is 5.91 Å². The maximum atomic E-state index is 12.8. The van der Waals surface area contributed by atoms with Gasteiger partial charge in [-0.05, 0) is 24.5 Å². The van der Waals surface area contributed by atoms with E-state index in [1.54, 1.807) is 0 Å². The van der Waals surface area contributed by atoms with Crippen LogP contribution in [0.2, 0.25) is 0 Å². The van der Waals surface area contributed by atoms with Gasteiger partial charge in [-0.25, -0.2) is 8.78 Å². The van der Waals surface area contributed by atoms with Gasteiger partial charge >= 0.3 is 0 Å². The molecule has 2 nitrogen and oxygen atoms in total. The molecule has 0 fully saturated rings. The smallest absolute Gasteiger partial charge is 0.224 e. The van der Waals surface area contributed by atoms with Gasteiger partial charge in [0.1, 0.15) is 0 Å². The van der Waals surface area contributed by atoms with Crippen molar-refractivity contribution in [1.29, 1.82) is 0 Å². The molecule has 1 aromatic rings. The van der Waals surface area contributed by atoms with Crippen LogP contribution in [0.5, 0.6) is 0 Å². The average molecular weight is 197 g/mol. The monoisotopic (exact) mass is 197 g/mol. The van der Waals surface area contributed by atoms with Crippen molar-refractivity contribution < 1.29 is 13.6 Å². The molecule has 0 aromatic heterocycles. The molecule has 0 atom stereocenters. The fourth-order valence-corrected chi connectivity index (χ4v) is 1.56. The normalized spacial score (nSPS) is 15.7. The van der Waals surface area contributed by atoms with Crippen molar-refractivity contribution in [2.75, 3.05) is 5.32 Å². The molecule has 0 saturated heterocycles. The molecule has 0 radical (unpaired) electrons. The molecule has 1 heterocycles. The van der Waals surface area contributed by atoms with Crippen LogP contribution in [0, 0.1) is 11.6 Å². The molecule has 1 amide bonds. The summed E-state index contributed by atoms with van der Waals surface area (Å²) in [5.74, 6) is -1.93. The summed E-state index contributed by atoms with van der Waals surface area (Å²) in [7, 11) is 0. The fraction of sp³-hybridized carbons (Fsp3) is 0.300. The van der Waals surface area contributed by atoms with Gasteiger partial charge in [0.15, 0.2) is 11.6 Å².